The molecule has 0 aromatic carbocycles. The Morgan fingerprint density at radius 2 is 1.95 bits per heavy atom. The van der Waals surface area contributed by atoms with Crippen molar-refractivity contribution in [2.24, 2.45) is 5.92 Å². The van der Waals surface area contributed by atoms with Gasteiger partial charge in [0, 0.05) is 13.0 Å². The van der Waals surface area contributed by atoms with Gasteiger partial charge in [-0.1, -0.05) is 25.5 Å². The Morgan fingerprint density at radius 3 is 2.55 bits per heavy atom. The number of aliphatic hydroxyl groups is 1. The van der Waals surface area contributed by atoms with Crippen molar-refractivity contribution in [3.8, 4) is 0 Å². The number of rotatable bonds is 12. The van der Waals surface area contributed by atoms with Gasteiger partial charge >= 0.3 is 11.9 Å². The van der Waals surface area contributed by atoms with Gasteiger partial charge in [0.1, 0.15) is 0 Å². The number of ether oxygens (including phenoxy) is 1. The van der Waals surface area contributed by atoms with Gasteiger partial charge in [0.15, 0.2) is 0 Å². The Morgan fingerprint density at radius 1 is 1.20 bits per heavy atom. The molecule has 0 bridgehead atoms. The van der Waals surface area contributed by atoms with Crippen LogP contribution < -0.4 is 0 Å². The molecular weight excluding hydrogens is 260 g/mol. The van der Waals surface area contributed by atoms with Crippen LogP contribution in [0.25, 0.3) is 0 Å². The lowest BCUT2D eigenvalue weighted by Gasteiger charge is -2.11. The highest BCUT2D eigenvalue weighted by Crippen LogP contribution is 2.15. The van der Waals surface area contributed by atoms with E-state index in [1.54, 1.807) is 0 Å². The Bertz CT molecular complexity index is 299. The summed E-state index contributed by atoms with van der Waals surface area (Å²) in [5, 5.41) is 17.6. The lowest BCUT2D eigenvalue weighted by molar-refractivity contribution is -0.152. The molecule has 0 aromatic heterocycles. The third-order valence-electron chi connectivity index (χ3n) is 2.90. The molecule has 0 radical (unpaired) electrons. The van der Waals surface area contributed by atoms with Crippen molar-refractivity contribution < 1.29 is 24.5 Å². The van der Waals surface area contributed by atoms with Gasteiger partial charge in [0.2, 0.25) is 0 Å². The van der Waals surface area contributed by atoms with Crippen LogP contribution >= 0.6 is 0 Å². The molecule has 116 valence electrons. The number of aliphatic hydroxyl groups excluding tert-OH is 1. The maximum atomic E-state index is 11.4. The van der Waals surface area contributed by atoms with E-state index in [4.69, 9.17) is 14.9 Å². The number of allylic oxidation sites excluding steroid dienone is 2. The van der Waals surface area contributed by atoms with Crippen molar-refractivity contribution in [3.63, 3.8) is 0 Å². The summed E-state index contributed by atoms with van der Waals surface area (Å²) in [4.78, 5) is 22.5. The van der Waals surface area contributed by atoms with E-state index in [9.17, 15) is 9.59 Å². The number of esters is 1. The van der Waals surface area contributed by atoms with Gasteiger partial charge in [-0.3, -0.25) is 9.59 Å². The van der Waals surface area contributed by atoms with Crippen molar-refractivity contribution in [3.05, 3.63) is 12.2 Å². The van der Waals surface area contributed by atoms with E-state index >= 15 is 0 Å². The van der Waals surface area contributed by atoms with Gasteiger partial charge in [-0.05, 0) is 25.7 Å². The molecule has 0 aliphatic heterocycles. The van der Waals surface area contributed by atoms with Gasteiger partial charge in [-0.15, -0.1) is 0 Å². The fourth-order valence-electron chi connectivity index (χ4n) is 1.76. The first-order valence-electron chi connectivity index (χ1n) is 7.26. The minimum absolute atomic E-state index is 0.0408. The second-order valence-corrected chi connectivity index (χ2v) is 4.70. The van der Waals surface area contributed by atoms with Crippen LogP contribution in [0.15, 0.2) is 12.2 Å². The van der Waals surface area contributed by atoms with E-state index in [0.29, 0.717) is 12.8 Å². The zero-order valence-electron chi connectivity index (χ0n) is 12.2. The van der Waals surface area contributed by atoms with Gasteiger partial charge in [0.25, 0.3) is 0 Å². The first-order valence-corrected chi connectivity index (χ1v) is 7.26. The number of carbonyl (C=O) groups excluding carboxylic acids is 1. The zero-order valence-corrected chi connectivity index (χ0v) is 12.2. The average molecular weight is 286 g/mol. The second kappa shape index (κ2) is 12.7. The minimum atomic E-state index is -0.951. The molecule has 0 aromatic rings. The van der Waals surface area contributed by atoms with Crippen LogP contribution in [-0.4, -0.2) is 35.4 Å². The highest BCUT2D eigenvalue weighted by atomic mass is 16.5. The van der Waals surface area contributed by atoms with Crippen LogP contribution in [-0.2, 0) is 14.3 Å². The summed E-state index contributed by atoms with van der Waals surface area (Å²) < 4.78 is 4.85. The Kier molecular flexibility index (Phi) is 11.8. The van der Waals surface area contributed by atoms with E-state index in [2.05, 4.69) is 19.1 Å². The maximum absolute atomic E-state index is 11.4. The number of carboxylic acid groups (broad SMARTS) is 1. The predicted molar refractivity (Wildman–Crippen MR) is 76.3 cm³/mol. The molecule has 20 heavy (non-hydrogen) atoms. The maximum Gasteiger partial charge on any atom is 0.307 e. The average Bonchev–Trinajstić information content (AvgIpc) is 2.41. The number of carboxylic acids is 1. The van der Waals surface area contributed by atoms with E-state index in [1.807, 2.05) is 0 Å². The van der Waals surface area contributed by atoms with E-state index < -0.39 is 17.9 Å². The summed E-state index contributed by atoms with van der Waals surface area (Å²) in [5.41, 5.74) is 0. The molecule has 0 saturated heterocycles. The molecule has 0 aliphatic carbocycles. The van der Waals surface area contributed by atoms with Crippen molar-refractivity contribution in [1.82, 2.24) is 0 Å². The van der Waals surface area contributed by atoms with Gasteiger partial charge in [-0.2, -0.15) is 0 Å². The van der Waals surface area contributed by atoms with Crippen molar-refractivity contribution in [2.45, 2.75) is 51.9 Å². The Balaban J connectivity index is 3.89. The second-order valence-electron chi connectivity index (χ2n) is 4.70. The molecule has 1 unspecified atom stereocenters. The molecule has 0 saturated carbocycles. The fraction of sp³-hybridized carbons (Fsp3) is 0.733. The van der Waals surface area contributed by atoms with E-state index in [1.165, 1.54) is 0 Å². The predicted octanol–water partition coefficient (Wildman–Crippen LogP) is 2.53. The summed E-state index contributed by atoms with van der Waals surface area (Å²) in [6.07, 6.45) is 8.64. The Labute approximate surface area is 120 Å². The molecular formula is C15H26O5. The molecule has 0 spiro atoms. The monoisotopic (exact) mass is 286 g/mol. The van der Waals surface area contributed by atoms with Crippen LogP contribution in [0.1, 0.15) is 51.9 Å². The number of carbonyl (C=O) groups is 2. The molecule has 0 heterocycles. The summed E-state index contributed by atoms with van der Waals surface area (Å²) in [6, 6.07) is 0. The van der Waals surface area contributed by atoms with Crippen LogP contribution in [0.4, 0.5) is 0 Å². The summed E-state index contributed by atoms with van der Waals surface area (Å²) in [7, 11) is 0. The molecule has 5 nitrogen and oxygen atoms in total. The molecule has 0 rings (SSSR count). The van der Waals surface area contributed by atoms with Crippen LogP contribution in [0, 0.1) is 5.92 Å². The largest absolute Gasteiger partial charge is 0.481 e. The van der Waals surface area contributed by atoms with Crippen LogP contribution in [0.5, 0.6) is 0 Å². The van der Waals surface area contributed by atoms with Crippen LogP contribution in [0.2, 0.25) is 0 Å². The number of aliphatic carboxylic acids is 1. The lowest BCUT2D eigenvalue weighted by Crippen LogP contribution is -2.20. The van der Waals surface area contributed by atoms with Crippen molar-refractivity contribution >= 4 is 11.9 Å². The smallest absolute Gasteiger partial charge is 0.307 e. The molecule has 2 N–H and O–H groups in total. The molecule has 5 heteroatoms. The molecule has 0 amide bonds. The topological polar surface area (TPSA) is 83.8 Å². The minimum Gasteiger partial charge on any atom is -0.481 e. The van der Waals surface area contributed by atoms with E-state index in [-0.39, 0.29) is 19.6 Å². The normalized spacial score (nSPS) is 12.5. The number of hydrogen-bond acceptors (Lipinski definition) is 4. The number of unbranched alkanes of at least 4 members (excludes halogenated alkanes) is 2. The first kappa shape index (κ1) is 18.6. The number of hydrogen-bond donors (Lipinski definition) is 2. The van der Waals surface area contributed by atoms with E-state index in [0.717, 1.165) is 25.7 Å². The van der Waals surface area contributed by atoms with Gasteiger partial charge in [0.05, 0.1) is 18.9 Å². The lowest BCUT2D eigenvalue weighted by atomic mass is 9.98. The fourth-order valence-corrected chi connectivity index (χ4v) is 1.76. The van der Waals surface area contributed by atoms with Gasteiger partial charge < -0.3 is 14.9 Å². The molecule has 0 fully saturated rings. The zero-order chi connectivity index (χ0) is 15.2. The molecule has 0 aliphatic rings. The Hall–Kier alpha value is -1.36. The summed E-state index contributed by atoms with van der Waals surface area (Å²) in [5.74, 6) is -2.13. The van der Waals surface area contributed by atoms with Crippen LogP contribution in [0.3, 0.4) is 0 Å². The summed E-state index contributed by atoms with van der Waals surface area (Å²) >= 11 is 0. The van der Waals surface area contributed by atoms with Crippen molar-refractivity contribution in [2.75, 3.05) is 13.2 Å². The first-order chi connectivity index (χ1) is 9.61. The standard InChI is InChI=1S/C15H26O5/c1-2-3-4-5-6-7-9-13(15(18)19)12-14(17)20-11-8-10-16/h3-4,13,16H,2,5-12H2,1H3,(H,18,19)/b4-3+. The van der Waals surface area contributed by atoms with Crippen molar-refractivity contribution in [1.29, 1.82) is 0 Å². The quantitative estimate of drug-likeness (QED) is 0.327. The SMILES string of the molecule is CC/C=C/CCCCC(CC(=O)OCCCO)C(=O)O. The third kappa shape index (κ3) is 10.6. The highest BCUT2D eigenvalue weighted by Gasteiger charge is 2.21. The highest BCUT2D eigenvalue weighted by molar-refractivity contribution is 5.78. The molecule has 1 atom stereocenters. The third-order valence-corrected chi connectivity index (χ3v) is 2.90. The summed E-state index contributed by atoms with van der Waals surface area (Å²) in [6.45, 7) is 2.17. The van der Waals surface area contributed by atoms with Gasteiger partial charge in [-0.25, -0.2) is 0 Å².